The topological polar surface area (TPSA) is 34.1 Å². The fourth-order valence-corrected chi connectivity index (χ4v) is 1.93. The summed E-state index contributed by atoms with van der Waals surface area (Å²) in [6, 6.07) is 12.9. The highest BCUT2D eigenvalue weighted by atomic mass is 16.5. The van der Waals surface area contributed by atoms with Gasteiger partial charge in [-0.3, -0.25) is 4.98 Å². The van der Waals surface area contributed by atoms with Crippen LogP contribution in [0.2, 0.25) is 0 Å². The highest BCUT2D eigenvalue weighted by Crippen LogP contribution is 2.15. The Balaban J connectivity index is 1.82. The molecule has 0 aliphatic rings. The fraction of sp³-hybridized carbons (Fsp3) is 0.353. The van der Waals surface area contributed by atoms with E-state index in [4.69, 9.17) is 4.74 Å². The van der Waals surface area contributed by atoms with E-state index in [-0.39, 0.29) is 0 Å². The van der Waals surface area contributed by atoms with Crippen LogP contribution < -0.4 is 10.1 Å². The van der Waals surface area contributed by atoms with Gasteiger partial charge in [0.25, 0.3) is 0 Å². The summed E-state index contributed by atoms with van der Waals surface area (Å²) in [6.45, 7) is 2.78. The lowest BCUT2D eigenvalue weighted by Gasteiger charge is -2.10. The number of nitrogens with one attached hydrogen (secondary N) is 1. The Morgan fingerprint density at radius 2 is 1.75 bits per heavy atom. The predicted molar refractivity (Wildman–Crippen MR) is 81.9 cm³/mol. The van der Waals surface area contributed by atoms with Crippen LogP contribution in [0.1, 0.15) is 24.5 Å². The molecular weight excluding hydrogens is 248 g/mol. The minimum atomic E-state index is 0.553. The molecule has 0 saturated heterocycles. The Morgan fingerprint density at radius 3 is 2.40 bits per heavy atom. The lowest BCUT2D eigenvalue weighted by atomic mass is 10.1. The van der Waals surface area contributed by atoms with Crippen LogP contribution in [-0.4, -0.2) is 18.1 Å². The van der Waals surface area contributed by atoms with Gasteiger partial charge in [0, 0.05) is 18.4 Å². The fourth-order valence-electron chi connectivity index (χ4n) is 1.93. The average Bonchev–Trinajstić information content (AvgIpc) is 2.52. The summed E-state index contributed by atoms with van der Waals surface area (Å²) in [7, 11) is 2.00. The third kappa shape index (κ3) is 4.67. The van der Waals surface area contributed by atoms with E-state index in [1.54, 1.807) is 12.4 Å². The van der Waals surface area contributed by atoms with Gasteiger partial charge < -0.3 is 10.1 Å². The molecule has 1 heterocycles. The van der Waals surface area contributed by atoms with Gasteiger partial charge in [-0.15, -0.1) is 0 Å². The van der Waals surface area contributed by atoms with Crippen LogP contribution in [0.3, 0.4) is 0 Å². The molecule has 1 atom stereocenters. The molecule has 1 aromatic heterocycles. The van der Waals surface area contributed by atoms with E-state index in [1.807, 2.05) is 31.3 Å². The van der Waals surface area contributed by atoms with Crippen molar-refractivity contribution in [2.75, 3.05) is 7.05 Å². The van der Waals surface area contributed by atoms with Gasteiger partial charge in [-0.25, -0.2) is 0 Å². The zero-order valence-corrected chi connectivity index (χ0v) is 12.2. The van der Waals surface area contributed by atoms with Crippen LogP contribution in [0.15, 0.2) is 48.8 Å². The SMILES string of the molecule is CNC(C)CCc1ccc(OCc2ccncc2)cc1. The summed E-state index contributed by atoms with van der Waals surface area (Å²) >= 11 is 0. The van der Waals surface area contributed by atoms with E-state index in [0.29, 0.717) is 12.6 Å². The number of pyridine rings is 1. The molecule has 0 fully saturated rings. The van der Waals surface area contributed by atoms with Crippen molar-refractivity contribution >= 4 is 0 Å². The maximum absolute atomic E-state index is 5.75. The molecule has 0 aliphatic heterocycles. The molecule has 106 valence electrons. The van der Waals surface area contributed by atoms with E-state index in [2.05, 4.69) is 29.4 Å². The number of benzene rings is 1. The Kier molecular flexibility index (Phi) is 5.56. The largest absolute Gasteiger partial charge is 0.489 e. The second kappa shape index (κ2) is 7.65. The van der Waals surface area contributed by atoms with Gasteiger partial charge >= 0.3 is 0 Å². The molecule has 0 amide bonds. The maximum atomic E-state index is 5.75. The summed E-state index contributed by atoms with van der Waals surface area (Å²) in [5.74, 6) is 0.909. The van der Waals surface area contributed by atoms with Gasteiger partial charge in [-0.2, -0.15) is 0 Å². The van der Waals surface area contributed by atoms with Gasteiger partial charge in [0.1, 0.15) is 12.4 Å². The number of rotatable bonds is 7. The molecular formula is C17H22N2O. The van der Waals surface area contributed by atoms with Crippen LogP contribution >= 0.6 is 0 Å². The zero-order chi connectivity index (χ0) is 14.2. The van der Waals surface area contributed by atoms with E-state index in [1.165, 1.54) is 5.56 Å². The van der Waals surface area contributed by atoms with Crippen LogP contribution in [0.4, 0.5) is 0 Å². The number of nitrogens with zero attached hydrogens (tertiary/aromatic N) is 1. The van der Waals surface area contributed by atoms with E-state index >= 15 is 0 Å². The Labute approximate surface area is 121 Å². The summed E-state index contributed by atoms with van der Waals surface area (Å²) < 4.78 is 5.75. The minimum Gasteiger partial charge on any atom is -0.489 e. The van der Waals surface area contributed by atoms with Gasteiger partial charge in [0.05, 0.1) is 0 Å². The van der Waals surface area contributed by atoms with Crippen molar-refractivity contribution in [3.63, 3.8) is 0 Å². The molecule has 1 aromatic carbocycles. The van der Waals surface area contributed by atoms with Crippen molar-refractivity contribution in [2.24, 2.45) is 0 Å². The molecule has 2 aromatic rings. The standard InChI is InChI=1S/C17H22N2O/c1-14(18-2)3-4-15-5-7-17(8-6-15)20-13-16-9-11-19-12-10-16/h5-12,14,18H,3-4,13H2,1-2H3. The number of hydrogen-bond acceptors (Lipinski definition) is 3. The Hall–Kier alpha value is -1.87. The Morgan fingerprint density at radius 1 is 1.05 bits per heavy atom. The van der Waals surface area contributed by atoms with Crippen LogP contribution in [-0.2, 0) is 13.0 Å². The Bertz CT molecular complexity index is 496. The van der Waals surface area contributed by atoms with Gasteiger partial charge in [-0.05, 0) is 62.2 Å². The highest BCUT2D eigenvalue weighted by molar-refractivity contribution is 5.27. The van der Waals surface area contributed by atoms with E-state index in [9.17, 15) is 0 Å². The number of hydrogen-bond donors (Lipinski definition) is 1. The first-order chi connectivity index (χ1) is 9.78. The van der Waals surface area contributed by atoms with Crippen molar-refractivity contribution in [2.45, 2.75) is 32.4 Å². The maximum Gasteiger partial charge on any atom is 0.119 e. The first-order valence-electron chi connectivity index (χ1n) is 7.06. The summed E-state index contributed by atoms with van der Waals surface area (Å²) in [5.41, 5.74) is 2.48. The van der Waals surface area contributed by atoms with Crippen LogP contribution in [0.5, 0.6) is 5.75 Å². The molecule has 0 aliphatic carbocycles. The van der Waals surface area contributed by atoms with Crippen molar-refractivity contribution < 1.29 is 4.74 Å². The molecule has 2 rings (SSSR count). The quantitative estimate of drug-likeness (QED) is 0.839. The molecule has 3 nitrogen and oxygen atoms in total. The monoisotopic (exact) mass is 270 g/mol. The normalized spacial score (nSPS) is 12.1. The summed E-state index contributed by atoms with van der Waals surface area (Å²) in [5, 5.41) is 3.26. The average molecular weight is 270 g/mol. The second-order valence-electron chi connectivity index (χ2n) is 5.02. The molecule has 3 heteroatoms. The molecule has 0 bridgehead atoms. The highest BCUT2D eigenvalue weighted by Gasteiger charge is 2.00. The summed E-state index contributed by atoms with van der Waals surface area (Å²) in [6.07, 6.45) is 5.80. The van der Waals surface area contributed by atoms with E-state index < -0.39 is 0 Å². The number of aryl methyl sites for hydroxylation is 1. The minimum absolute atomic E-state index is 0.553. The molecule has 1 unspecified atom stereocenters. The van der Waals surface area contributed by atoms with Crippen LogP contribution in [0, 0.1) is 0 Å². The third-order valence-electron chi connectivity index (χ3n) is 3.44. The van der Waals surface area contributed by atoms with Gasteiger partial charge in [-0.1, -0.05) is 12.1 Å². The van der Waals surface area contributed by atoms with E-state index in [0.717, 1.165) is 24.2 Å². The van der Waals surface area contributed by atoms with Crippen molar-refractivity contribution in [3.05, 3.63) is 59.9 Å². The predicted octanol–water partition coefficient (Wildman–Crippen LogP) is 3.20. The smallest absolute Gasteiger partial charge is 0.119 e. The number of aromatic nitrogens is 1. The molecule has 0 saturated carbocycles. The first kappa shape index (κ1) is 14.5. The molecule has 0 radical (unpaired) electrons. The van der Waals surface area contributed by atoms with Crippen molar-refractivity contribution in [3.8, 4) is 5.75 Å². The van der Waals surface area contributed by atoms with Crippen molar-refractivity contribution in [1.82, 2.24) is 10.3 Å². The molecule has 0 spiro atoms. The number of ether oxygens (including phenoxy) is 1. The van der Waals surface area contributed by atoms with Gasteiger partial charge in [0.2, 0.25) is 0 Å². The third-order valence-corrected chi connectivity index (χ3v) is 3.44. The van der Waals surface area contributed by atoms with Crippen LogP contribution in [0.25, 0.3) is 0 Å². The summed E-state index contributed by atoms with van der Waals surface area (Å²) in [4.78, 5) is 3.99. The first-order valence-corrected chi connectivity index (χ1v) is 7.06. The lowest BCUT2D eigenvalue weighted by Crippen LogP contribution is -2.21. The lowest BCUT2D eigenvalue weighted by molar-refractivity contribution is 0.306. The van der Waals surface area contributed by atoms with Crippen molar-refractivity contribution in [1.29, 1.82) is 0 Å². The molecule has 1 N–H and O–H groups in total. The zero-order valence-electron chi connectivity index (χ0n) is 12.2. The second-order valence-corrected chi connectivity index (χ2v) is 5.02. The molecule has 20 heavy (non-hydrogen) atoms. The van der Waals surface area contributed by atoms with Gasteiger partial charge in [0.15, 0.2) is 0 Å².